The van der Waals surface area contributed by atoms with Crippen molar-refractivity contribution < 1.29 is 19.4 Å². The summed E-state index contributed by atoms with van der Waals surface area (Å²) in [6.07, 6.45) is 1.93. The van der Waals surface area contributed by atoms with Gasteiger partial charge < -0.3 is 26.6 Å². The number of nitrogens with one attached hydrogen (secondary N) is 1. The van der Waals surface area contributed by atoms with Crippen LogP contribution in [0.25, 0.3) is 0 Å². The highest BCUT2D eigenvalue weighted by atomic mass is 16.6. The maximum absolute atomic E-state index is 11.7. The van der Waals surface area contributed by atoms with E-state index in [0.29, 0.717) is 19.4 Å². The second-order valence-electron chi connectivity index (χ2n) is 5.72. The number of aliphatic carboxylic acids is 1. The van der Waals surface area contributed by atoms with Gasteiger partial charge in [0.1, 0.15) is 17.7 Å². The Labute approximate surface area is 120 Å². The molecule has 0 aromatic heterocycles. The minimum Gasteiger partial charge on any atom is -0.480 e. The van der Waals surface area contributed by atoms with E-state index < -0.39 is 29.6 Å². The van der Waals surface area contributed by atoms with Crippen LogP contribution in [0, 0.1) is 0 Å². The van der Waals surface area contributed by atoms with Gasteiger partial charge in [-0.25, -0.2) is 0 Å². The molecule has 0 rings (SSSR count). The van der Waals surface area contributed by atoms with E-state index in [4.69, 9.17) is 21.3 Å². The number of esters is 1. The maximum Gasteiger partial charge on any atom is 0.324 e. The molecule has 0 aromatic carbocycles. The summed E-state index contributed by atoms with van der Waals surface area (Å²) in [4.78, 5) is 22.7. The highest BCUT2D eigenvalue weighted by Gasteiger charge is 2.24. The van der Waals surface area contributed by atoms with Gasteiger partial charge in [0, 0.05) is 6.54 Å². The predicted molar refractivity (Wildman–Crippen MR) is 76.2 cm³/mol. The van der Waals surface area contributed by atoms with Crippen molar-refractivity contribution in [3.8, 4) is 0 Å². The van der Waals surface area contributed by atoms with Crippen molar-refractivity contribution in [2.45, 2.75) is 57.7 Å². The Bertz CT molecular complexity index is 315. The van der Waals surface area contributed by atoms with Crippen LogP contribution in [0.15, 0.2) is 0 Å². The van der Waals surface area contributed by atoms with Crippen LogP contribution >= 0.6 is 0 Å². The molecule has 0 aliphatic carbocycles. The molecule has 7 nitrogen and oxygen atoms in total. The highest BCUT2D eigenvalue weighted by molar-refractivity contribution is 5.77. The molecule has 0 aromatic rings. The van der Waals surface area contributed by atoms with Gasteiger partial charge in [-0.1, -0.05) is 6.42 Å². The minimum absolute atomic E-state index is 0.0640. The molecule has 0 amide bonds. The number of hydrogen-bond acceptors (Lipinski definition) is 6. The Morgan fingerprint density at radius 3 is 2.35 bits per heavy atom. The van der Waals surface area contributed by atoms with Gasteiger partial charge in [-0.2, -0.15) is 0 Å². The first kappa shape index (κ1) is 18.8. The molecule has 6 N–H and O–H groups in total. The fourth-order valence-corrected chi connectivity index (χ4v) is 1.54. The van der Waals surface area contributed by atoms with Crippen LogP contribution in [0.3, 0.4) is 0 Å². The Balaban J connectivity index is 4.19. The van der Waals surface area contributed by atoms with Gasteiger partial charge in [-0.15, -0.1) is 0 Å². The quantitative estimate of drug-likeness (QED) is 0.342. The summed E-state index contributed by atoms with van der Waals surface area (Å²) in [6, 6.07) is -1.61. The third kappa shape index (κ3) is 8.84. The molecule has 0 saturated carbocycles. The number of ether oxygens (including phenoxy) is 1. The van der Waals surface area contributed by atoms with E-state index in [1.54, 1.807) is 20.8 Å². The van der Waals surface area contributed by atoms with E-state index in [1.807, 2.05) is 0 Å². The molecule has 2 atom stereocenters. The molecule has 0 fully saturated rings. The van der Waals surface area contributed by atoms with Crippen molar-refractivity contribution in [3.05, 3.63) is 0 Å². The van der Waals surface area contributed by atoms with Crippen LogP contribution in [0.2, 0.25) is 0 Å². The second-order valence-corrected chi connectivity index (χ2v) is 5.72. The van der Waals surface area contributed by atoms with Gasteiger partial charge in [-0.3, -0.25) is 9.59 Å². The third-order valence-electron chi connectivity index (χ3n) is 2.54. The molecule has 118 valence electrons. The summed E-state index contributed by atoms with van der Waals surface area (Å²) in [6.45, 7) is 5.84. The summed E-state index contributed by atoms with van der Waals surface area (Å²) in [5.74, 6) is -1.51. The molecular weight excluding hydrogens is 262 g/mol. The maximum atomic E-state index is 11.7. The fraction of sp³-hybridized carbons (Fsp3) is 0.846. The highest BCUT2D eigenvalue weighted by Crippen LogP contribution is 2.08. The zero-order chi connectivity index (χ0) is 15.8. The first-order valence-electron chi connectivity index (χ1n) is 6.82. The largest absolute Gasteiger partial charge is 0.480 e. The summed E-state index contributed by atoms with van der Waals surface area (Å²) in [5, 5.41) is 11.8. The van der Waals surface area contributed by atoms with Crippen molar-refractivity contribution in [1.29, 1.82) is 0 Å². The lowest BCUT2D eigenvalue weighted by Gasteiger charge is -2.23. The number of nitrogens with two attached hydrogens (primary N) is 2. The summed E-state index contributed by atoms with van der Waals surface area (Å²) in [5.41, 5.74) is 10.4. The summed E-state index contributed by atoms with van der Waals surface area (Å²) in [7, 11) is 0. The monoisotopic (exact) mass is 289 g/mol. The van der Waals surface area contributed by atoms with Crippen molar-refractivity contribution in [1.82, 2.24) is 5.32 Å². The van der Waals surface area contributed by atoms with E-state index >= 15 is 0 Å². The van der Waals surface area contributed by atoms with Gasteiger partial charge in [-0.05, 0) is 40.2 Å². The lowest BCUT2D eigenvalue weighted by molar-refractivity contribution is -0.156. The van der Waals surface area contributed by atoms with Crippen LogP contribution in [-0.4, -0.2) is 47.8 Å². The molecule has 0 heterocycles. The SMILES string of the molecule is CC(C)(C)OC(=O)C(N)CN[C@@H](CCCCN)C(=O)O. The topological polar surface area (TPSA) is 128 Å². The number of carboxylic acid groups (broad SMARTS) is 1. The van der Waals surface area contributed by atoms with Crippen molar-refractivity contribution in [2.24, 2.45) is 11.5 Å². The van der Waals surface area contributed by atoms with Crippen molar-refractivity contribution in [2.75, 3.05) is 13.1 Å². The van der Waals surface area contributed by atoms with E-state index in [1.165, 1.54) is 0 Å². The van der Waals surface area contributed by atoms with Crippen LogP contribution in [0.4, 0.5) is 0 Å². The van der Waals surface area contributed by atoms with Crippen molar-refractivity contribution >= 4 is 11.9 Å². The Morgan fingerprint density at radius 2 is 1.90 bits per heavy atom. The van der Waals surface area contributed by atoms with Crippen LogP contribution in [0.1, 0.15) is 40.0 Å². The van der Waals surface area contributed by atoms with Crippen LogP contribution in [-0.2, 0) is 14.3 Å². The summed E-state index contributed by atoms with van der Waals surface area (Å²) >= 11 is 0. The predicted octanol–water partition coefficient (Wildman–Crippen LogP) is -0.173. The molecule has 0 aliphatic heterocycles. The Morgan fingerprint density at radius 1 is 1.30 bits per heavy atom. The number of carbonyl (C=O) groups excluding carboxylic acids is 1. The number of carboxylic acids is 1. The van der Waals surface area contributed by atoms with Crippen LogP contribution in [0.5, 0.6) is 0 Å². The average Bonchev–Trinajstić information content (AvgIpc) is 2.30. The molecule has 0 saturated heterocycles. The lowest BCUT2D eigenvalue weighted by Crippen LogP contribution is -2.48. The molecule has 1 unspecified atom stereocenters. The smallest absolute Gasteiger partial charge is 0.324 e. The van der Waals surface area contributed by atoms with E-state index in [-0.39, 0.29) is 6.54 Å². The fourth-order valence-electron chi connectivity index (χ4n) is 1.54. The summed E-state index contributed by atoms with van der Waals surface area (Å²) < 4.78 is 5.12. The Hall–Kier alpha value is -1.18. The molecule has 0 aliphatic rings. The lowest BCUT2D eigenvalue weighted by atomic mass is 10.1. The molecular formula is C13H27N3O4. The van der Waals surface area contributed by atoms with E-state index in [9.17, 15) is 9.59 Å². The molecule has 0 radical (unpaired) electrons. The average molecular weight is 289 g/mol. The molecule has 20 heavy (non-hydrogen) atoms. The number of carbonyl (C=O) groups is 2. The standard InChI is InChI=1S/C13H27N3O4/c1-13(2,3)20-12(19)9(15)8-16-10(11(17)18)6-4-5-7-14/h9-10,16H,4-8,14-15H2,1-3H3,(H,17,18)/t9?,10-/m0/s1. The second kappa shape index (κ2) is 8.89. The normalized spacial score (nSPS) is 14.7. The zero-order valence-corrected chi connectivity index (χ0v) is 12.5. The first-order chi connectivity index (χ1) is 9.17. The first-order valence-corrected chi connectivity index (χ1v) is 6.82. The van der Waals surface area contributed by atoms with E-state index in [2.05, 4.69) is 5.32 Å². The van der Waals surface area contributed by atoms with Crippen molar-refractivity contribution in [3.63, 3.8) is 0 Å². The molecule has 7 heteroatoms. The molecule has 0 bridgehead atoms. The number of rotatable bonds is 9. The van der Waals surface area contributed by atoms with Gasteiger partial charge >= 0.3 is 11.9 Å². The number of unbranched alkanes of at least 4 members (excludes halogenated alkanes) is 1. The van der Waals surface area contributed by atoms with Gasteiger partial charge in [0.05, 0.1) is 0 Å². The van der Waals surface area contributed by atoms with Gasteiger partial charge in [0.15, 0.2) is 0 Å². The zero-order valence-electron chi connectivity index (χ0n) is 12.5. The van der Waals surface area contributed by atoms with Crippen LogP contribution < -0.4 is 16.8 Å². The molecule has 0 spiro atoms. The van der Waals surface area contributed by atoms with Gasteiger partial charge in [0.2, 0.25) is 0 Å². The van der Waals surface area contributed by atoms with E-state index in [0.717, 1.165) is 6.42 Å². The van der Waals surface area contributed by atoms with Gasteiger partial charge in [0.25, 0.3) is 0 Å². The Kier molecular flexibility index (Phi) is 8.36. The third-order valence-corrected chi connectivity index (χ3v) is 2.54. The number of hydrogen-bond donors (Lipinski definition) is 4. The minimum atomic E-state index is -0.960.